The van der Waals surface area contributed by atoms with E-state index in [2.05, 4.69) is 5.32 Å². The first-order valence-electron chi connectivity index (χ1n) is 7.13. The SMILES string of the molecule is CC[C@H](NC(=O)c1ccc([N+](=O)[O-])c(C)c1)c1ccccc1. The summed E-state index contributed by atoms with van der Waals surface area (Å²) in [5.41, 5.74) is 1.96. The molecule has 0 bridgehead atoms. The monoisotopic (exact) mass is 298 g/mol. The molecule has 5 heteroatoms. The molecule has 22 heavy (non-hydrogen) atoms. The van der Waals surface area contributed by atoms with E-state index in [1.165, 1.54) is 12.1 Å². The number of benzene rings is 2. The van der Waals surface area contributed by atoms with Crippen LogP contribution in [0.25, 0.3) is 0 Å². The van der Waals surface area contributed by atoms with E-state index in [9.17, 15) is 14.9 Å². The summed E-state index contributed by atoms with van der Waals surface area (Å²) in [4.78, 5) is 22.7. The third-order valence-corrected chi connectivity index (χ3v) is 3.57. The molecule has 1 amide bonds. The number of nitrogens with zero attached hydrogens (tertiary/aromatic N) is 1. The number of hydrogen-bond donors (Lipinski definition) is 1. The maximum Gasteiger partial charge on any atom is 0.272 e. The third kappa shape index (κ3) is 3.49. The van der Waals surface area contributed by atoms with E-state index in [1.54, 1.807) is 13.0 Å². The molecule has 0 fully saturated rings. The van der Waals surface area contributed by atoms with E-state index in [0.29, 0.717) is 11.1 Å². The molecule has 0 spiro atoms. The van der Waals surface area contributed by atoms with Crippen molar-refractivity contribution in [3.05, 3.63) is 75.3 Å². The Morgan fingerprint density at radius 1 is 1.23 bits per heavy atom. The van der Waals surface area contributed by atoms with E-state index >= 15 is 0 Å². The Hall–Kier alpha value is -2.69. The molecular weight excluding hydrogens is 280 g/mol. The minimum absolute atomic E-state index is 0.0200. The van der Waals surface area contributed by atoms with Gasteiger partial charge in [0.15, 0.2) is 0 Å². The van der Waals surface area contributed by atoms with Crippen LogP contribution >= 0.6 is 0 Å². The lowest BCUT2D eigenvalue weighted by molar-refractivity contribution is -0.385. The normalized spacial score (nSPS) is 11.7. The molecule has 2 aromatic carbocycles. The van der Waals surface area contributed by atoms with Crippen LogP contribution in [0.3, 0.4) is 0 Å². The Bertz CT molecular complexity index is 684. The summed E-state index contributed by atoms with van der Waals surface area (Å²) in [7, 11) is 0. The minimum Gasteiger partial charge on any atom is -0.345 e. The Balaban J connectivity index is 2.18. The van der Waals surface area contributed by atoms with Gasteiger partial charge in [0.1, 0.15) is 0 Å². The summed E-state index contributed by atoms with van der Waals surface area (Å²) in [5, 5.41) is 13.8. The van der Waals surface area contributed by atoms with Crippen molar-refractivity contribution < 1.29 is 9.72 Å². The van der Waals surface area contributed by atoms with Gasteiger partial charge in [0.25, 0.3) is 11.6 Å². The zero-order valence-corrected chi connectivity index (χ0v) is 12.6. The molecule has 0 aliphatic carbocycles. The summed E-state index contributed by atoms with van der Waals surface area (Å²) in [5.74, 6) is -0.228. The van der Waals surface area contributed by atoms with Crippen molar-refractivity contribution in [1.82, 2.24) is 5.32 Å². The molecule has 0 saturated carbocycles. The lowest BCUT2D eigenvalue weighted by atomic mass is 10.0. The zero-order chi connectivity index (χ0) is 16.1. The van der Waals surface area contributed by atoms with Crippen LogP contribution in [0.1, 0.15) is 40.9 Å². The van der Waals surface area contributed by atoms with Crippen LogP contribution in [0.4, 0.5) is 5.69 Å². The van der Waals surface area contributed by atoms with Gasteiger partial charge in [-0.15, -0.1) is 0 Å². The number of nitro groups is 1. The van der Waals surface area contributed by atoms with Crippen LogP contribution in [0.15, 0.2) is 48.5 Å². The number of carbonyl (C=O) groups is 1. The van der Waals surface area contributed by atoms with Crippen molar-refractivity contribution in [2.75, 3.05) is 0 Å². The van der Waals surface area contributed by atoms with E-state index in [4.69, 9.17) is 0 Å². The fourth-order valence-corrected chi connectivity index (χ4v) is 2.35. The van der Waals surface area contributed by atoms with Crippen LogP contribution in [-0.4, -0.2) is 10.8 Å². The maximum absolute atomic E-state index is 12.3. The molecule has 0 aromatic heterocycles. The highest BCUT2D eigenvalue weighted by Gasteiger charge is 2.17. The van der Waals surface area contributed by atoms with Gasteiger partial charge in [-0.25, -0.2) is 0 Å². The van der Waals surface area contributed by atoms with Crippen LogP contribution in [0, 0.1) is 17.0 Å². The van der Waals surface area contributed by atoms with Gasteiger partial charge < -0.3 is 5.32 Å². The number of hydrogen-bond acceptors (Lipinski definition) is 3. The summed E-state index contributed by atoms with van der Waals surface area (Å²) in [6.45, 7) is 3.63. The van der Waals surface area contributed by atoms with Gasteiger partial charge in [0.2, 0.25) is 0 Å². The third-order valence-electron chi connectivity index (χ3n) is 3.57. The molecule has 0 heterocycles. The number of carbonyl (C=O) groups excluding carboxylic acids is 1. The van der Waals surface area contributed by atoms with Gasteiger partial charge in [-0.2, -0.15) is 0 Å². The van der Waals surface area contributed by atoms with Gasteiger partial charge in [-0.3, -0.25) is 14.9 Å². The second-order valence-corrected chi connectivity index (χ2v) is 5.10. The predicted molar refractivity (Wildman–Crippen MR) is 84.8 cm³/mol. The summed E-state index contributed by atoms with van der Waals surface area (Å²) >= 11 is 0. The zero-order valence-electron chi connectivity index (χ0n) is 12.6. The highest BCUT2D eigenvalue weighted by atomic mass is 16.6. The van der Waals surface area contributed by atoms with Gasteiger partial charge in [0.05, 0.1) is 11.0 Å². The van der Waals surface area contributed by atoms with Crippen LogP contribution in [-0.2, 0) is 0 Å². The largest absolute Gasteiger partial charge is 0.345 e. The summed E-state index contributed by atoms with van der Waals surface area (Å²) < 4.78 is 0. The molecule has 1 atom stereocenters. The quantitative estimate of drug-likeness (QED) is 0.674. The van der Waals surface area contributed by atoms with Crippen molar-refractivity contribution in [2.45, 2.75) is 26.3 Å². The van der Waals surface area contributed by atoms with E-state index < -0.39 is 4.92 Å². The summed E-state index contributed by atoms with van der Waals surface area (Å²) in [6, 6.07) is 14.0. The minimum atomic E-state index is -0.449. The average Bonchev–Trinajstić information content (AvgIpc) is 2.52. The number of rotatable bonds is 5. The molecule has 2 rings (SSSR count). The number of aryl methyl sites for hydroxylation is 1. The average molecular weight is 298 g/mol. The molecule has 114 valence electrons. The second kappa shape index (κ2) is 6.85. The first kappa shape index (κ1) is 15.7. The van der Waals surface area contributed by atoms with Crippen molar-refractivity contribution >= 4 is 11.6 Å². The van der Waals surface area contributed by atoms with Crippen molar-refractivity contribution in [2.24, 2.45) is 0 Å². The van der Waals surface area contributed by atoms with Crippen molar-refractivity contribution in [3.8, 4) is 0 Å². The van der Waals surface area contributed by atoms with Crippen molar-refractivity contribution in [1.29, 1.82) is 0 Å². The molecule has 0 aliphatic heterocycles. The fourth-order valence-electron chi connectivity index (χ4n) is 2.35. The predicted octanol–water partition coefficient (Wildman–Crippen LogP) is 3.78. The first-order valence-corrected chi connectivity index (χ1v) is 7.13. The topological polar surface area (TPSA) is 72.2 Å². The van der Waals surface area contributed by atoms with Gasteiger partial charge in [-0.1, -0.05) is 37.3 Å². The summed E-state index contributed by atoms with van der Waals surface area (Å²) in [6.07, 6.45) is 0.766. The van der Waals surface area contributed by atoms with Crippen LogP contribution < -0.4 is 5.32 Å². The standard InChI is InChI=1S/C17H18N2O3/c1-3-15(13-7-5-4-6-8-13)18-17(20)14-9-10-16(19(21)22)12(2)11-14/h4-11,15H,3H2,1-2H3,(H,18,20)/t15-/m0/s1. The van der Waals surface area contributed by atoms with Gasteiger partial charge in [-0.05, 0) is 31.0 Å². The number of amides is 1. The molecule has 0 unspecified atom stereocenters. The number of nitro benzene ring substituents is 1. The Morgan fingerprint density at radius 2 is 1.91 bits per heavy atom. The molecule has 2 aromatic rings. The van der Waals surface area contributed by atoms with E-state index in [1.807, 2.05) is 37.3 Å². The highest BCUT2D eigenvalue weighted by Crippen LogP contribution is 2.20. The molecule has 0 saturated heterocycles. The lowest BCUT2D eigenvalue weighted by Crippen LogP contribution is -2.28. The van der Waals surface area contributed by atoms with Gasteiger partial charge >= 0.3 is 0 Å². The van der Waals surface area contributed by atoms with Crippen LogP contribution in [0.5, 0.6) is 0 Å². The Kier molecular flexibility index (Phi) is 4.88. The molecule has 5 nitrogen and oxygen atoms in total. The van der Waals surface area contributed by atoms with Crippen LogP contribution in [0.2, 0.25) is 0 Å². The van der Waals surface area contributed by atoms with Gasteiger partial charge in [0, 0.05) is 17.2 Å². The van der Waals surface area contributed by atoms with E-state index in [-0.39, 0.29) is 17.6 Å². The smallest absolute Gasteiger partial charge is 0.272 e. The van der Waals surface area contributed by atoms with Crippen molar-refractivity contribution in [3.63, 3.8) is 0 Å². The maximum atomic E-state index is 12.3. The molecule has 1 N–H and O–H groups in total. The Labute approximate surface area is 129 Å². The fraction of sp³-hybridized carbons (Fsp3) is 0.235. The first-order chi connectivity index (χ1) is 10.5. The molecule has 0 radical (unpaired) electrons. The number of nitrogens with one attached hydrogen (secondary N) is 1. The molecular formula is C17H18N2O3. The van der Waals surface area contributed by atoms with E-state index in [0.717, 1.165) is 12.0 Å². The second-order valence-electron chi connectivity index (χ2n) is 5.10. The molecule has 0 aliphatic rings. The Morgan fingerprint density at radius 3 is 2.45 bits per heavy atom. The lowest BCUT2D eigenvalue weighted by Gasteiger charge is -2.17. The highest BCUT2D eigenvalue weighted by molar-refractivity contribution is 5.95.